The van der Waals surface area contributed by atoms with Crippen molar-refractivity contribution in [1.82, 2.24) is 14.6 Å². The van der Waals surface area contributed by atoms with E-state index < -0.39 is 5.82 Å². The summed E-state index contributed by atoms with van der Waals surface area (Å²) in [5.41, 5.74) is 2.60. The van der Waals surface area contributed by atoms with Crippen molar-refractivity contribution in [3.05, 3.63) is 59.7 Å². The number of hydrogen-bond donors (Lipinski definition) is 1. The van der Waals surface area contributed by atoms with Crippen LogP contribution in [0, 0.1) is 29.0 Å². The van der Waals surface area contributed by atoms with E-state index in [9.17, 15) is 14.3 Å². The molecule has 2 aliphatic rings. The monoisotopic (exact) mass is 448 g/mol. The Balaban J connectivity index is 1.23. The van der Waals surface area contributed by atoms with E-state index in [-0.39, 0.29) is 29.2 Å². The standard InChI is InChI=1S/C25H25FN4O3/c26-20-10-17(13-27)9-19(11-20)23-6-8-33-30(23)25(32)18-3-1-16(2-4-18)15-29-7-5-22-24(29)12-21(31)14-28-22/h5,7,9-12,14,16,18,23,31H,1-4,6,8,15H2/t16?,18?,23-/m0/s1. The minimum Gasteiger partial charge on any atom is -0.506 e. The van der Waals surface area contributed by atoms with Gasteiger partial charge in [-0.1, -0.05) is 0 Å². The molecule has 2 aromatic heterocycles. The highest BCUT2D eigenvalue weighted by Crippen LogP contribution is 2.37. The average molecular weight is 448 g/mol. The maximum atomic E-state index is 14.0. The van der Waals surface area contributed by atoms with Crippen LogP contribution in [-0.4, -0.2) is 32.2 Å². The number of aromatic nitrogens is 2. The second kappa shape index (κ2) is 8.83. The van der Waals surface area contributed by atoms with Crippen LogP contribution in [0.3, 0.4) is 0 Å². The molecule has 1 aliphatic heterocycles. The van der Waals surface area contributed by atoms with Gasteiger partial charge in [0.2, 0.25) is 5.91 Å². The first-order valence-corrected chi connectivity index (χ1v) is 11.3. The molecule has 3 heterocycles. The number of pyridine rings is 1. The second-order valence-electron chi connectivity index (χ2n) is 8.97. The third kappa shape index (κ3) is 4.29. The molecule has 5 rings (SSSR count). The van der Waals surface area contributed by atoms with Crippen LogP contribution in [0.2, 0.25) is 0 Å². The third-order valence-electron chi connectivity index (χ3n) is 6.81. The number of nitriles is 1. The summed E-state index contributed by atoms with van der Waals surface area (Å²) in [6, 6.07) is 9.48. The number of carbonyl (C=O) groups excluding carboxylic acids is 1. The van der Waals surface area contributed by atoms with Gasteiger partial charge in [0.15, 0.2) is 0 Å². The number of hydrogen-bond acceptors (Lipinski definition) is 5. The zero-order chi connectivity index (χ0) is 22.9. The number of benzene rings is 1. The molecule has 1 saturated carbocycles. The molecule has 8 heteroatoms. The molecular weight excluding hydrogens is 423 g/mol. The summed E-state index contributed by atoms with van der Waals surface area (Å²) in [6.07, 6.45) is 7.39. The zero-order valence-electron chi connectivity index (χ0n) is 18.2. The van der Waals surface area contributed by atoms with Crippen LogP contribution in [0.4, 0.5) is 4.39 Å². The predicted octanol–water partition coefficient (Wildman–Crippen LogP) is 4.46. The van der Waals surface area contributed by atoms with Gasteiger partial charge in [-0.25, -0.2) is 9.45 Å². The molecule has 170 valence electrons. The number of hydroxylamine groups is 2. The highest BCUT2D eigenvalue weighted by molar-refractivity contribution is 5.79. The Morgan fingerprint density at radius 2 is 2.03 bits per heavy atom. The fraction of sp³-hybridized carbons (Fsp3) is 0.400. The fourth-order valence-corrected chi connectivity index (χ4v) is 5.12. The first-order chi connectivity index (χ1) is 16.0. The van der Waals surface area contributed by atoms with Crippen LogP contribution in [0.15, 0.2) is 42.7 Å². The average Bonchev–Trinajstić information content (AvgIpc) is 3.46. The van der Waals surface area contributed by atoms with Gasteiger partial charge in [0, 0.05) is 31.1 Å². The first-order valence-electron chi connectivity index (χ1n) is 11.3. The van der Waals surface area contributed by atoms with Gasteiger partial charge in [-0.15, -0.1) is 0 Å². The molecule has 7 nitrogen and oxygen atoms in total. The van der Waals surface area contributed by atoms with Crippen molar-refractivity contribution in [2.45, 2.75) is 44.7 Å². The summed E-state index contributed by atoms with van der Waals surface area (Å²) >= 11 is 0. The van der Waals surface area contributed by atoms with E-state index in [4.69, 9.17) is 10.1 Å². The molecule has 0 spiro atoms. The van der Waals surface area contributed by atoms with Crippen LogP contribution >= 0.6 is 0 Å². The van der Waals surface area contributed by atoms with Gasteiger partial charge in [-0.05, 0) is 61.4 Å². The number of carbonyl (C=O) groups is 1. The summed E-state index contributed by atoms with van der Waals surface area (Å²) < 4.78 is 16.1. The smallest absolute Gasteiger partial charge is 0.249 e. The fourth-order valence-electron chi connectivity index (χ4n) is 5.12. The quantitative estimate of drug-likeness (QED) is 0.636. The summed E-state index contributed by atoms with van der Waals surface area (Å²) in [5.74, 6) is -0.0806. The van der Waals surface area contributed by atoms with Crippen LogP contribution in [-0.2, 0) is 16.2 Å². The van der Waals surface area contributed by atoms with Gasteiger partial charge in [0.1, 0.15) is 11.6 Å². The summed E-state index contributed by atoms with van der Waals surface area (Å²) in [5, 5.41) is 20.3. The van der Waals surface area contributed by atoms with E-state index >= 15 is 0 Å². The Morgan fingerprint density at radius 1 is 1.21 bits per heavy atom. The Bertz CT molecular complexity index is 1230. The molecule has 3 aromatic rings. The molecular formula is C25H25FN4O3. The summed E-state index contributed by atoms with van der Waals surface area (Å²) in [7, 11) is 0. The summed E-state index contributed by atoms with van der Waals surface area (Å²) in [6.45, 7) is 1.21. The van der Waals surface area contributed by atoms with Crippen molar-refractivity contribution in [2.75, 3.05) is 6.61 Å². The molecule has 1 aromatic carbocycles. The van der Waals surface area contributed by atoms with E-state index in [2.05, 4.69) is 9.55 Å². The number of nitrogens with zero attached hydrogens (tertiary/aromatic N) is 4. The third-order valence-corrected chi connectivity index (χ3v) is 6.81. The van der Waals surface area contributed by atoms with Crippen molar-refractivity contribution in [3.63, 3.8) is 0 Å². The normalized spacial score (nSPS) is 23.0. The van der Waals surface area contributed by atoms with Crippen molar-refractivity contribution < 1.29 is 19.1 Å². The minimum atomic E-state index is -0.482. The van der Waals surface area contributed by atoms with Gasteiger partial charge in [-0.3, -0.25) is 14.6 Å². The largest absolute Gasteiger partial charge is 0.506 e. The lowest BCUT2D eigenvalue weighted by Crippen LogP contribution is -2.37. The number of aromatic hydroxyl groups is 1. The topological polar surface area (TPSA) is 91.4 Å². The highest BCUT2D eigenvalue weighted by atomic mass is 19.1. The SMILES string of the molecule is N#Cc1cc(F)cc([C@@H]2CCON2C(=O)C2CCC(Cn3ccc4ncc(O)cc43)CC2)c1. The molecule has 33 heavy (non-hydrogen) atoms. The van der Waals surface area contributed by atoms with E-state index in [0.717, 1.165) is 43.3 Å². The van der Waals surface area contributed by atoms with Gasteiger partial charge in [-0.2, -0.15) is 5.26 Å². The number of halogens is 1. The minimum absolute atomic E-state index is 0.0562. The van der Waals surface area contributed by atoms with Gasteiger partial charge in [0.05, 0.1) is 41.5 Å². The molecule has 1 aliphatic carbocycles. The zero-order valence-corrected chi connectivity index (χ0v) is 18.2. The first kappa shape index (κ1) is 21.4. The van der Waals surface area contributed by atoms with E-state index in [1.807, 2.05) is 18.3 Å². The van der Waals surface area contributed by atoms with E-state index in [1.54, 1.807) is 12.1 Å². The Kier molecular flexibility index (Phi) is 5.73. The molecule has 0 bridgehead atoms. The molecule has 0 radical (unpaired) electrons. The molecule has 1 atom stereocenters. The lowest BCUT2D eigenvalue weighted by atomic mass is 9.81. The molecule has 1 saturated heterocycles. The van der Waals surface area contributed by atoms with Crippen LogP contribution in [0.5, 0.6) is 5.75 Å². The van der Waals surface area contributed by atoms with Crippen LogP contribution in [0.25, 0.3) is 11.0 Å². The van der Waals surface area contributed by atoms with Gasteiger partial charge >= 0.3 is 0 Å². The van der Waals surface area contributed by atoms with Crippen LogP contribution in [0.1, 0.15) is 49.3 Å². The second-order valence-corrected chi connectivity index (χ2v) is 8.97. The van der Waals surface area contributed by atoms with Crippen molar-refractivity contribution >= 4 is 16.9 Å². The Morgan fingerprint density at radius 3 is 2.82 bits per heavy atom. The molecule has 0 unspecified atom stereocenters. The number of rotatable bonds is 4. The van der Waals surface area contributed by atoms with Crippen molar-refractivity contribution in [1.29, 1.82) is 5.26 Å². The lowest BCUT2D eigenvalue weighted by molar-refractivity contribution is -0.183. The van der Waals surface area contributed by atoms with Gasteiger partial charge in [0.25, 0.3) is 0 Å². The highest BCUT2D eigenvalue weighted by Gasteiger charge is 2.37. The number of amides is 1. The van der Waals surface area contributed by atoms with Gasteiger partial charge < -0.3 is 9.67 Å². The lowest BCUT2D eigenvalue weighted by Gasteiger charge is -2.32. The number of fused-ring (bicyclic) bond motifs is 1. The van der Waals surface area contributed by atoms with Crippen molar-refractivity contribution in [2.24, 2.45) is 11.8 Å². The van der Waals surface area contributed by atoms with E-state index in [1.165, 1.54) is 23.4 Å². The maximum absolute atomic E-state index is 14.0. The molecule has 2 fully saturated rings. The Hall–Kier alpha value is -3.44. The molecule has 1 amide bonds. The van der Waals surface area contributed by atoms with Crippen LogP contribution < -0.4 is 0 Å². The van der Waals surface area contributed by atoms with E-state index in [0.29, 0.717) is 24.5 Å². The predicted molar refractivity (Wildman–Crippen MR) is 118 cm³/mol. The molecule has 1 N–H and O–H groups in total. The maximum Gasteiger partial charge on any atom is 0.249 e. The summed E-state index contributed by atoms with van der Waals surface area (Å²) in [4.78, 5) is 23.2. The van der Waals surface area contributed by atoms with Crippen molar-refractivity contribution in [3.8, 4) is 11.8 Å². The Labute approximate surface area is 191 Å².